The van der Waals surface area contributed by atoms with Gasteiger partial charge in [0.05, 0.1) is 12.8 Å². The van der Waals surface area contributed by atoms with Crippen molar-refractivity contribution in [2.24, 2.45) is 7.05 Å². The monoisotopic (exact) mass is 363 g/mol. The van der Waals surface area contributed by atoms with Crippen molar-refractivity contribution in [3.05, 3.63) is 53.6 Å². The van der Waals surface area contributed by atoms with E-state index in [2.05, 4.69) is 15.0 Å². The number of aryl methyl sites for hydroxylation is 1. The van der Waals surface area contributed by atoms with Gasteiger partial charge >= 0.3 is 12.1 Å². The lowest BCUT2D eigenvalue weighted by atomic mass is 10.1. The summed E-state index contributed by atoms with van der Waals surface area (Å²) in [6, 6.07) is 9.13. The molecule has 0 saturated heterocycles. The zero-order valence-electron chi connectivity index (χ0n) is 14.5. The minimum Gasteiger partial charge on any atom is -0.463 e. The molecule has 2 atom stereocenters. The molecule has 0 fully saturated rings. The Morgan fingerprint density at radius 3 is 2.62 bits per heavy atom. The maximum atomic E-state index is 11.7. The molecule has 3 N–H and O–H groups in total. The Kier molecular flexibility index (Phi) is 6.70. The maximum Gasteiger partial charge on any atom is 0.407 e. The molecular formula is C17H21N3O6. The van der Waals surface area contributed by atoms with Gasteiger partial charge in [-0.3, -0.25) is 0 Å². The summed E-state index contributed by atoms with van der Waals surface area (Å²) in [5.41, 5.74) is 0.909. The number of aliphatic hydroxyl groups excluding tert-OH is 2. The number of imidazole rings is 1. The van der Waals surface area contributed by atoms with Gasteiger partial charge in [0.2, 0.25) is 5.82 Å². The number of benzene rings is 1. The zero-order chi connectivity index (χ0) is 19.1. The molecule has 2 aromatic rings. The van der Waals surface area contributed by atoms with Crippen molar-refractivity contribution in [3.8, 4) is 0 Å². The van der Waals surface area contributed by atoms with Crippen molar-refractivity contribution in [2.45, 2.75) is 18.8 Å². The molecule has 0 bridgehead atoms. The van der Waals surface area contributed by atoms with Crippen LogP contribution in [0.1, 0.15) is 28.0 Å². The molecule has 0 saturated carbocycles. The van der Waals surface area contributed by atoms with Crippen LogP contribution in [0.3, 0.4) is 0 Å². The quantitative estimate of drug-likeness (QED) is 0.613. The first-order valence-electron chi connectivity index (χ1n) is 7.84. The largest absolute Gasteiger partial charge is 0.463 e. The van der Waals surface area contributed by atoms with Crippen LogP contribution in [0.25, 0.3) is 0 Å². The van der Waals surface area contributed by atoms with Gasteiger partial charge < -0.3 is 29.6 Å². The first kappa shape index (κ1) is 19.4. The Morgan fingerprint density at radius 2 is 1.96 bits per heavy atom. The Hall–Kier alpha value is -2.91. The van der Waals surface area contributed by atoms with Gasteiger partial charge in [0, 0.05) is 19.8 Å². The Morgan fingerprint density at radius 1 is 1.27 bits per heavy atom. The standard InChI is InChI=1S/C17H21N3O6/c1-20-9-12(19-15(20)16(23)25-2)14(22)13(21)8-18-17(24)26-10-11-6-4-3-5-7-11/h3-7,9,13-14,21-22H,8,10H2,1-2H3,(H,18,24). The van der Waals surface area contributed by atoms with Gasteiger partial charge in [-0.05, 0) is 5.56 Å². The number of esters is 1. The average Bonchev–Trinajstić information content (AvgIpc) is 3.05. The van der Waals surface area contributed by atoms with Crippen LogP contribution in [0.5, 0.6) is 0 Å². The fraction of sp³-hybridized carbons (Fsp3) is 0.353. The van der Waals surface area contributed by atoms with Crippen molar-refractivity contribution in [2.75, 3.05) is 13.7 Å². The van der Waals surface area contributed by atoms with E-state index in [0.29, 0.717) is 0 Å². The number of nitrogens with zero attached hydrogens (tertiary/aromatic N) is 2. The summed E-state index contributed by atoms with van der Waals surface area (Å²) in [4.78, 5) is 27.1. The second-order valence-corrected chi connectivity index (χ2v) is 5.55. The molecule has 0 spiro atoms. The van der Waals surface area contributed by atoms with Crippen LogP contribution in [-0.2, 0) is 23.1 Å². The summed E-state index contributed by atoms with van der Waals surface area (Å²) in [6.45, 7) is -0.160. The van der Waals surface area contributed by atoms with Crippen LogP contribution < -0.4 is 5.32 Å². The van der Waals surface area contributed by atoms with Crippen LogP contribution in [0, 0.1) is 0 Å². The van der Waals surface area contributed by atoms with Gasteiger partial charge in [0.15, 0.2) is 0 Å². The van der Waals surface area contributed by atoms with E-state index in [1.165, 1.54) is 17.9 Å². The highest BCUT2D eigenvalue weighted by atomic mass is 16.5. The molecule has 1 heterocycles. The van der Waals surface area contributed by atoms with Gasteiger partial charge in [-0.2, -0.15) is 0 Å². The van der Waals surface area contributed by atoms with Crippen molar-refractivity contribution >= 4 is 12.1 Å². The average molecular weight is 363 g/mol. The normalized spacial score (nSPS) is 12.9. The Balaban J connectivity index is 1.84. The predicted octanol–water partition coefficient (Wildman–Crippen LogP) is 0.527. The number of methoxy groups -OCH3 is 1. The number of aliphatic hydroxyl groups is 2. The van der Waals surface area contributed by atoms with Gasteiger partial charge in [-0.25, -0.2) is 14.6 Å². The molecule has 2 rings (SSSR count). The van der Waals surface area contributed by atoms with E-state index < -0.39 is 24.3 Å². The molecule has 9 heteroatoms. The summed E-state index contributed by atoms with van der Waals surface area (Å²) >= 11 is 0. The summed E-state index contributed by atoms with van der Waals surface area (Å²) in [5, 5.41) is 22.5. The highest BCUT2D eigenvalue weighted by Gasteiger charge is 2.24. The number of rotatable bonds is 7. The van der Waals surface area contributed by atoms with Gasteiger partial charge in [-0.1, -0.05) is 30.3 Å². The van der Waals surface area contributed by atoms with Gasteiger partial charge in [0.25, 0.3) is 0 Å². The zero-order valence-corrected chi connectivity index (χ0v) is 14.5. The van der Waals surface area contributed by atoms with Crippen LogP contribution >= 0.6 is 0 Å². The third-order valence-electron chi connectivity index (χ3n) is 3.60. The van der Waals surface area contributed by atoms with E-state index in [1.807, 2.05) is 30.3 Å². The number of amides is 1. The third kappa shape index (κ3) is 5.04. The first-order chi connectivity index (χ1) is 12.4. The fourth-order valence-electron chi connectivity index (χ4n) is 2.18. The number of nitrogens with one attached hydrogen (secondary N) is 1. The number of hydrogen-bond donors (Lipinski definition) is 3. The van der Waals surface area contributed by atoms with Gasteiger partial charge in [-0.15, -0.1) is 0 Å². The molecule has 0 radical (unpaired) electrons. The SMILES string of the molecule is COC(=O)c1nc(C(O)C(O)CNC(=O)OCc2ccccc2)cn1C. The van der Waals surface area contributed by atoms with Crippen molar-refractivity contribution in [1.82, 2.24) is 14.9 Å². The molecule has 0 aliphatic heterocycles. The Labute approximate surface area is 150 Å². The van der Waals surface area contributed by atoms with E-state index in [-0.39, 0.29) is 24.7 Å². The lowest BCUT2D eigenvalue weighted by Crippen LogP contribution is -2.35. The summed E-state index contributed by atoms with van der Waals surface area (Å²) in [6.07, 6.45) is -2.06. The molecule has 140 valence electrons. The number of alkyl carbamates (subject to hydrolysis) is 1. The first-order valence-corrected chi connectivity index (χ1v) is 7.84. The minimum absolute atomic E-state index is 0.0102. The van der Waals surface area contributed by atoms with Crippen LogP contribution in [0.2, 0.25) is 0 Å². The molecule has 1 amide bonds. The van der Waals surface area contributed by atoms with Gasteiger partial charge in [0.1, 0.15) is 18.8 Å². The number of hydrogen-bond acceptors (Lipinski definition) is 7. The lowest BCUT2D eigenvalue weighted by molar-refractivity contribution is 0.0160. The topological polar surface area (TPSA) is 123 Å². The second-order valence-electron chi connectivity index (χ2n) is 5.55. The van der Waals surface area contributed by atoms with Crippen LogP contribution in [0.4, 0.5) is 4.79 Å². The molecule has 1 aromatic carbocycles. The van der Waals surface area contributed by atoms with E-state index in [4.69, 9.17) is 4.74 Å². The summed E-state index contributed by atoms with van der Waals surface area (Å²) in [5.74, 6) is -0.674. The van der Waals surface area contributed by atoms with Crippen molar-refractivity contribution in [3.63, 3.8) is 0 Å². The molecule has 2 unspecified atom stereocenters. The second kappa shape index (κ2) is 8.97. The number of aromatic nitrogens is 2. The minimum atomic E-state index is -1.39. The molecule has 26 heavy (non-hydrogen) atoms. The maximum absolute atomic E-state index is 11.7. The molecule has 0 aliphatic rings. The third-order valence-corrected chi connectivity index (χ3v) is 3.60. The summed E-state index contributed by atoms with van der Waals surface area (Å²) in [7, 11) is 2.77. The van der Waals surface area contributed by atoms with Crippen molar-refractivity contribution in [1.29, 1.82) is 0 Å². The van der Waals surface area contributed by atoms with Crippen LogP contribution in [0.15, 0.2) is 36.5 Å². The van der Waals surface area contributed by atoms with E-state index in [9.17, 15) is 19.8 Å². The fourth-order valence-corrected chi connectivity index (χ4v) is 2.18. The highest BCUT2D eigenvalue weighted by molar-refractivity contribution is 5.85. The van der Waals surface area contributed by atoms with E-state index >= 15 is 0 Å². The number of carbonyl (C=O) groups is 2. The Bertz CT molecular complexity index is 746. The smallest absolute Gasteiger partial charge is 0.407 e. The predicted molar refractivity (Wildman–Crippen MR) is 90.1 cm³/mol. The molecular weight excluding hydrogens is 342 g/mol. The molecule has 9 nitrogen and oxygen atoms in total. The van der Waals surface area contributed by atoms with E-state index in [0.717, 1.165) is 5.56 Å². The highest BCUT2D eigenvalue weighted by Crippen LogP contribution is 2.16. The molecule has 1 aromatic heterocycles. The number of carbonyl (C=O) groups excluding carboxylic acids is 2. The number of ether oxygens (including phenoxy) is 2. The lowest BCUT2D eigenvalue weighted by Gasteiger charge is -2.16. The van der Waals surface area contributed by atoms with E-state index in [1.54, 1.807) is 7.05 Å². The van der Waals surface area contributed by atoms with Crippen LogP contribution in [-0.4, -0.2) is 51.6 Å². The summed E-state index contributed by atoms with van der Waals surface area (Å²) < 4.78 is 11.0. The molecule has 0 aliphatic carbocycles. The van der Waals surface area contributed by atoms with Crippen molar-refractivity contribution < 1.29 is 29.3 Å².